The van der Waals surface area contributed by atoms with E-state index in [9.17, 15) is 9.59 Å². The number of unbranched alkanes of at least 4 members (excludes halogenated alkanes) is 1. The van der Waals surface area contributed by atoms with Gasteiger partial charge in [-0.15, -0.1) is 11.3 Å². The number of carbonyl (C=O) groups is 1. The van der Waals surface area contributed by atoms with Crippen LogP contribution in [0.5, 0.6) is 0 Å². The molecule has 0 spiro atoms. The van der Waals surface area contributed by atoms with Gasteiger partial charge in [-0.2, -0.15) is 0 Å². The average Bonchev–Trinajstić information content (AvgIpc) is 2.97. The van der Waals surface area contributed by atoms with E-state index in [0.29, 0.717) is 22.0 Å². The van der Waals surface area contributed by atoms with Crippen molar-refractivity contribution in [1.82, 2.24) is 9.97 Å². The number of ether oxygens (including phenoxy) is 1. The molecule has 26 heavy (non-hydrogen) atoms. The summed E-state index contributed by atoms with van der Waals surface area (Å²) in [6.45, 7) is 4.47. The summed E-state index contributed by atoms with van der Waals surface area (Å²) in [4.78, 5) is 33.4. The highest BCUT2D eigenvalue weighted by Crippen LogP contribution is 2.35. The molecular weight excluding hydrogens is 368 g/mol. The van der Waals surface area contributed by atoms with Gasteiger partial charge in [0, 0.05) is 10.4 Å². The number of benzene rings is 1. The highest BCUT2D eigenvalue weighted by atomic mass is 32.2. The van der Waals surface area contributed by atoms with Crippen LogP contribution in [0.4, 0.5) is 0 Å². The van der Waals surface area contributed by atoms with Crippen molar-refractivity contribution < 1.29 is 9.53 Å². The van der Waals surface area contributed by atoms with Crippen LogP contribution < -0.4 is 5.56 Å². The van der Waals surface area contributed by atoms with Crippen LogP contribution in [0.2, 0.25) is 0 Å². The van der Waals surface area contributed by atoms with Gasteiger partial charge < -0.3 is 9.72 Å². The standard InChI is InChI=1S/C19H20N2O3S2/c1-3-4-10-24-14(22)11-25-19-20-17(23)16-15(12(2)26-18(16)21-19)13-8-6-5-7-9-13/h5-9H,3-4,10-11H2,1-2H3,(H,20,21,23). The number of nitrogens with zero attached hydrogens (tertiary/aromatic N) is 1. The Morgan fingerprint density at radius 2 is 2.08 bits per heavy atom. The lowest BCUT2D eigenvalue weighted by Gasteiger charge is -2.04. The van der Waals surface area contributed by atoms with Gasteiger partial charge in [0.05, 0.1) is 17.7 Å². The van der Waals surface area contributed by atoms with Crippen LogP contribution in [0.3, 0.4) is 0 Å². The number of hydrogen-bond donors (Lipinski definition) is 1. The fourth-order valence-corrected chi connectivity index (χ4v) is 4.38. The Morgan fingerprint density at radius 1 is 1.31 bits per heavy atom. The summed E-state index contributed by atoms with van der Waals surface area (Å²) in [6.07, 6.45) is 1.83. The number of thioether (sulfide) groups is 1. The molecule has 0 aliphatic rings. The van der Waals surface area contributed by atoms with Crippen molar-refractivity contribution in [2.45, 2.75) is 31.8 Å². The maximum Gasteiger partial charge on any atom is 0.316 e. The smallest absolute Gasteiger partial charge is 0.316 e. The highest BCUT2D eigenvalue weighted by Gasteiger charge is 2.17. The second-order valence-electron chi connectivity index (χ2n) is 5.81. The van der Waals surface area contributed by atoms with E-state index in [1.54, 1.807) is 0 Å². The largest absolute Gasteiger partial charge is 0.465 e. The lowest BCUT2D eigenvalue weighted by Crippen LogP contribution is -2.12. The van der Waals surface area contributed by atoms with E-state index in [1.165, 1.54) is 23.1 Å². The summed E-state index contributed by atoms with van der Waals surface area (Å²) in [5, 5.41) is 1.05. The fourth-order valence-electron chi connectivity index (χ4n) is 2.62. The van der Waals surface area contributed by atoms with Crippen molar-refractivity contribution in [3.8, 4) is 11.1 Å². The minimum Gasteiger partial charge on any atom is -0.465 e. The summed E-state index contributed by atoms with van der Waals surface area (Å²) < 4.78 is 5.13. The van der Waals surface area contributed by atoms with Gasteiger partial charge in [0.15, 0.2) is 5.16 Å². The number of aromatic amines is 1. The molecule has 136 valence electrons. The molecule has 0 aliphatic heterocycles. The minimum absolute atomic E-state index is 0.133. The van der Waals surface area contributed by atoms with Crippen molar-refractivity contribution in [2.75, 3.05) is 12.4 Å². The quantitative estimate of drug-likeness (QED) is 0.281. The first-order chi connectivity index (χ1) is 12.6. The molecule has 0 radical (unpaired) electrons. The second-order valence-corrected chi connectivity index (χ2v) is 7.98. The Kier molecular flexibility index (Phi) is 6.11. The Bertz CT molecular complexity index is 964. The van der Waals surface area contributed by atoms with Gasteiger partial charge in [-0.25, -0.2) is 4.98 Å². The molecule has 3 aromatic rings. The van der Waals surface area contributed by atoms with Gasteiger partial charge in [-0.3, -0.25) is 9.59 Å². The zero-order chi connectivity index (χ0) is 18.5. The fraction of sp³-hybridized carbons (Fsp3) is 0.316. The average molecular weight is 389 g/mol. The normalized spacial score (nSPS) is 11.0. The second kappa shape index (κ2) is 8.51. The number of rotatable bonds is 7. The van der Waals surface area contributed by atoms with E-state index >= 15 is 0 Å². The molecule has 0 saturated heterocycles. The Balaban J connectivity index is 1.84. The third kappa shape index (κ3) is 4.16. The first-order valence-electron chi connectivity index (χ1n) is 8.47. The number of H-pyrrole nitrogens is 1. The molecule has 5 nitrogen and oxygen atoms in total. The maximum atomic E-state index is 12.6. The van der Waals surface area contributed by atoms with E-state index in [0.717, 1.165) is 28.8 Å². The summed E-state index contributed by atoms with van der Waals surface area (Å²) in [5.41, 5.74) is 1.75. The van der Waals surface area contributed by atoms with Gasteiger partial charge in [0.1, 0.15) is 4.83 Å². The molecule has 0 amide bonds. The van der Waals surface area contributed by atoms with E-state index < -0.39 is 0 Å². The molecule has 0 aliphatic carbocycles. The Morgan fingerprint density at radius 3 is 2.81 bits per heavy atom. The molecule has 1 aromatic carbocycles. The monoisotopic (exact) mass is 388 g/mol. The number of esters is 1. The van der Waals surface area contributed by atoms with Crippen molar-refractivity contribution in [2.24, 2.45) is 0 Å². The van der Waals surface area contributed by atoms with E-state index in [-0.39, 0.29) is 17.3 Å². The van der Waals surface area contributed by atoms with Crippen LogP contribution >= 0.6 is 23.1 Å². The molecule has 1 N–H and O–H groups in total. The molecular formula is C19H20N2O3S2. The lowest BCUT2D eigenvalue weighted by atomic mass is 10.0. The molecule has 7 heteroatoms. The van der Waals surface area contributed by atoms with Gasteiger partial charge in [0.25, 0.3) is 5.56 Å². The SMILES string of the molecule is CCCCOC(=O)CSc1nc2sc(C)c(-c3ccccc3)c2c(=O)[nH]1. The molecule has 0 bridgehead atoms. The summed E-state index contributed by atoms with van der Waals surface area (Å²) in [7, 11) is 0. The van der Waals surface area contributed by atoms with Crippen LogP contribution in [-0.4, -0.2) is 28.3 Å². The molecule has 2 heterocycles. The van der Waals surface area contributed by atoms with Gasteiger partial charge in [-0.05, 0) is 18.9 Å². The zero-order valence-corrected chi connectivity index (χ0v) is 16.3. The van der Waals surface area contributed by atoms with Crippen LogP contribution in [0.15, 0.2) is 40.3 Å². The molecule has 0 saturated carbocycles. The zero-order valence-electron chi connectivity index (χ0n) is 14.7. The minimum atomic E-state index is -0.293. The number of aryl methyl sites for hydroxylation is 1. The number of carbonyl (C=O) groups excluding carboxylic acids is 1. The predicted octanol–water partition coefficient (Wildman–Crippen LogP) is 4.40. The topological polar surface area (TPSA) is 72.0 Å². The maximum absolute atomic E-state index is 12.6. The highest BCUT2D eigenvalue weighted by molar-refractivity contribution is 7.99. The van der Waals surface area contributed by atoms with Gasteiger partial charge >= 0.3 is 5.97 Å². The molecule has 0 unspecified atom stereocenters. The number of aromatic nitrogens is 2. The van der Waals surface area contributed by atoms with Crippen LogP contribution in [-0.2, 0) is 9.53 Å². The van der Waals surface area contributed by atoms with Crippen LogP contribution in [0, 0.1) is 6.92 Å². The van der Waals surface area contributed by atoms with Crippen molar-refractivity contribution in [3.05, 3.63) is 45.6 Å². The van der Waals surface area contributed by atoms with Gasteiger partial charge in [-0.1, -0.05) is 55.4 Å². The summed E-state index contributed by atoms with van der Waals surface area (Å²) in [6, 6.07) is 9.83. The molecule has 2 aromatic heterocycles. The predicted molar refractivity (Wildman–Crippen MR) is 107 cm³/mol. The van der Waals surface area contributed by atoms with Crippen molar-refractivity contribution in [3.63, 3.8) is 0 Å². The first kappa shape index (κ1) is 18.7. The summed E-state index contributed by atoms with van der Waals surface area (Å²) >= 11 is 2.68. The first-order valence-corrected chi connectivity index (χ1v) is 10.3. The third-order valence-corrected chi connectivity index (χ3v) is 5.71. The number of nitrogens with one attached hydrogen (secondary N) is 1. The Labute approximate surface area is 159 Å². The van der Waals surface area contributed by atoms with Crippen LogP contribution in [0.25, 0.3) is 21.3 Å². The number of hydrogen-bond acceptors (Lipinski definition) is 6. The molecule has 3 rings (SSSR count). The van der Waals surface area contributed by atoms with Crippen molar-refractivity contribution in [1.29, 1.82) is 0 Å². The van der Waals surface area contributed by atoms with E-state index in [2.05, 4.69) is 9.97 Å². The van der Waals surface area contributed by atoms with Crippen molar-refractivity contribution >= 4 is 39.3 Å². The van der Waals surface area contributed by atoms with E-state index in [1.807, 2.05) is 44.2 Å². The van der Waals surface area contributed by atoms with Gasteiger partial charge in [0.2, 0.25) is 0 Å². The number of thiophene rings is 1. The third-order valence-electron chi connectivity index (χ3n) is 3.87. The molecule has 0 fully saturated rings. The molecule has 0 atom stereocenters. The summed E-state index contributed by atoms with van der Waals surface area (Å²) in [5.74, 6) is -0.160. The number of fused-ring (bicyclic) bond motifs is 1. The van der Waals surface area contributed by atoms with E-state index in [4.69, 9.17) is 4.74 Å². The van der Waals surface area contributed by atoms with Crippen LogP contribution in [0.1, 0.15) is 24.6 Å². The Hall–Kier alpha value is -2.12. The lowest BCUT2D eigenvalue weighted by molar-refractivity contribution is -0.140.